The third-order valence-corrected chi connectivity index (χ3v) is 2.79. The Kier molecular flexibility index (Phi) is 6.58. The van der Waals surface area contributed by atoms with Gasteiger partial charge in [-0.3, -0.25) is 9.59 Å². The van der Waals surface area contributed by atoms with E-state index in [-0.39, 0.29) is 35.9 Å². The molecule has 1 aromatic rings. The maximum atomic E-state index is 11.9. The van der Waals surface area contributed by atoms with Crippen LogP contribution in [-0.2, 0) is 9.53 Å². The van der Waals surface area contributed by atoms with Crippen molar-refractivity contribution < 1.29 is 24.2 Å². The van der Waals surface area contributed by atoms with Gasteiger partial charge in [-0.05, 0) is 45.4 Å². The van der Waals surface area contributed by atoms with Gasteiger partial charge in [0, 0.05) is 13.0 Å². The van der Waals surface area contributed by atoms with Crippen molar-refractivity contribution >= 4 is 23.6 Å². The number of nitrogens with two attached hydrogens (primary N) is 1. The lowest BCUT2D eigenvalue weighted by Gasteiger charge is -2.19. The van der Waals surface area contributed by atoms with Crippen molar-refractivity contribution in [2.24, 2.45) is 5.73 Å². The smallest absolute Gasteiger partial charge is 0.407 e. The number of carbonyl (C=O) groups excluding carboxylic acids is 3. The van der Waals surface area contributed by atoms with E-state index in [0.717, 1.165) is 0 Å². The minimum Gasteiger partial charge on any atom is -0.508 e. The molecule has 8 heteroatoms. The molecule has 0 saturated carbocycles. The van der Waals surface area contributed by atoms with Crippen molar-refractivity contribution in [3.8, 4) is 5.75 Å². The Morgan fingerprint density at radius 2 is 1.92 bits per heavy atom. The number of phenols is 1. The Balaban J connectivity index is 2.43. The number of carbonyl (C=O) groups is 3. The number of benzene rings is 1. The molecule has 8 nitrogen and oxygen atoms in total. The molecule has 0 radical (unpaired) electrons. The number of nitrogens with one attached hydrogen (secondary N) is 2. The van der Waals surface area contributed by atoms with Gasteiger partial charge in [0.15, 0.2) is 0 Å². The van der Waals surface area contributed by atoms with E-state index in [4.69, 9.17) is 10.5 Å². The minimum atomic E-state index is -0.757. The SMILES string of the molecule is CC(C)(C)OC(=O)NCCCC(=O)Nc1ccc(O)cc1C(N)=O. The standard InChI is InChI=1S/C16H23N3O5/c1-16(2,3)24-15(23)18-8-4-5-13(21)19-12-7-6-10(20)9-11(12)14(17)22/h6-7,9,20H,4-5,8H2,1-3H3,(H2,17,22)(H,18,23)(H,19,21). The lowest BCUT2D eigenvalue weighted by atomic mass is 10.1. The summed E-state index contributed by atoms with van der Waals surface area (Å²) >= 11 is 0. The monoisotopic (exact) mass is 337 g/mol. The molecule has 132 valence electrons. The number of hydrogen-bond acceptors (Lipinski definition) is 5. The molecule has 0 bridgehead atoms. The number of amides is 3. The number of anilines is 1. The topological polar surface area (TPSA) is 131 Å². The molecule has 0 unspecified atom stereocenters. The van der Waals surface area contributed by atoms with Crippen LogP contribution in [0.25, 0.3) is 0 Å². The zero-order valence-electron chi connectivity index (χ0n) is 14.0. The molecule has 0 heterocycles. The highest BCUT2D eigenvalue weighted by molar-refractivity contribution is 6.03. The van der Waals surface area contributed by atoms with Crippen molar-refractivity contribution in [3.05, 3.63) is 23.8 Å². The van der Waals surface area contributed by atoms with Gasteiger partial charge in [0.05, 0.1) is 11.3 Å². The van der Waals surface area contributed by atoms with Crippen LogP contribution in [0.15, 0.2) is 18.2 Å². The van der Waals surface area contributed by atoms with Crippen LogP contribution in [0.3, 0.4) is 0 Å². The number of phenolic OH excluding ortho intramolecular Hbond substituents is 1. The van der Waals surface area contributed by atoms with E-state index < -0.39 is 17.6 Å². The fraction of sp³-hybridized carbons (Fsp3) is 0.438. The number of primary amides is 1. The molecule has 1 rings (SSSR count). The van der Waals surface area contributed by atoms with Crippen LogP contribution in [-0.4, -0.2) is 35.2 Å². The summed E-state index contributed by atoms with van der Waals surface area (Å²) in [5.74, 6) is -1.22. The zero-order valence-corrected chi connectivity index (χ0v) is 14.0. The van der Waals surface area contributed by atoms with Crippen molar-refractivity contribution in [2.75, 3.05) is 11.9 Å². The Morgan fingerprint density at radius 1 is 1.25 bits per heavy atom. The zero-order chi connectivity index (χ0) is 18.3. The molecule has 0 aliphatic rings. The van der Waals surface area contributed by atoms with E-state index in [2.05, 4.69) is 10.6 Å². The number of ether oxygens (including phenoxy) is 1. The second-order valence-electron chi connectivity index (χ2n) is 6.17. The number of alkyl carbamates (subject to hydrolysis) is 1. The first-order chi connectivity index (χ1) is 11.1. The lowest BCUT2D eigenvalue weighted by Crippen LogP contribution is -2.33. The largest absolute Gasteiger partial charge is 0.508 e. The van der Waals surface area contributed by atoms with Crippen LogP contribution in [0.2, 0.25) is 0 Å². The van der Waals surface area contributed by atoms with E-state index in [1.165, 1.54) is 18.2 Å². The fourth-order valence-corrected chi connectivity index (χ4v) is 1.81. The average molecular weight is 337 g/mol. The van der Waals surface area contributed by atoms with Crippen molar-refractivity contribution in [2.45, 2.75) is 39.2 Å². The summed E-state index contributed by atoms with van der Waals surface area (Å²) in [4.78, 5) is 34.6. The summed E-state index contributed by atoms with van der Waals surface area (Å²) in [5, 5.41) is 14.5. The van der Waals surface area contributed by atoms with Crippen LogP contribution >= 0.6 is 0 Å². The van der Waals surface area contributed by atoms with Crippen molar-refractivity contribution in [1.29, 1.82) is 0 Å². The molecule has 5 N–H and O–H groups in total. The molecule has 1 aromatic carbocycles. The van der Waals surface area contributed by atoms with Crippen molar-refractivity contribution in [3.63, 3.8) is 0 Å². The highest BCUT2D eigenvalue weighted by Crippen LogP contribution is 2.21. The van der Waals surface area contributed by atoms with E-state index in [1.807, 2.05) is 0 Å². The Labute approximate surface area is 140 Å². The second kappa shape index (κ2) is 8.19. The maximum absolute atomic E-state index is 11.9. The van der Waals surface area contributed by atoms with Crippen LogP contribution in [0, 0.1) is 0 Å². The Hall–Kier alpha value is -2.77. The van der Waals surface area contributed by atoms with Gasteiger partial charge in [-0.1, -0.05) is 0 Å². The van der Waals surface area contributed by atoms with Crippen LogP contribution in [0.4, 0.5) is 10.5 Å². The summed E-state index contributed by atoms with van der Waals surface area (Å²) in [5.41, 5.74) is 4.87. The third kappa shape index (κ3) is 6.99. The average Bonchev–Trinajstić information content (AvgIpc) is 2.43. The summed E-state index contributed by atoms with van der Waals surface area (Å²) in [6.07, 6.45) is -0.0123. The Bertz CT molecular complexity index is 623. The first-order valence-corrected chi connectivity index (χ1v) is 7.48. The van der Waals surface area contributed by atoms with E-state index >= 15 is 0 Å². The number of aromatic hydroxyl groups is 1. The quantitative estimate of drug-likeness (QED) is 0.464. The summed E-state index contributed by atoms with van der Waals surface area (Å²) in [6.45, 7) is 5.55. The highest BCUT2D eigenvalue weighted by atomic mass is 16.6. The molecule has 0 fully saturated rings. The number of hydrogen-bond donors (Lipinski definition) is 4. The number of rotatable bonds is 6. The second-order valence-corrected chi connectivity index (χ2v) is 6.17. The molecule has 24 heavy (non-hydrogen) atoms. The van der Waals surface area contributed by atoms with Gasteiger partial charge in [-0.2, -0.15) is 0 Å². The highest BCUT2D eigenvalue weighted by Gasteiger charge is 2.16. The molecular weight excluding hydrogens is 314 g/mol. The Morgan fingerprint density at radius 3 is 2.50 bits per heavy atom. The van der Waals surface area contributed by atoms with Gasteiger partial charge in [0.25, 0.3) is 5.91 Å². The van der Waals surface area contributed by atoms with E-state index in [1.54, 1.807) is 20.8 Å². The molecule has 0 aliphatic carbocycles. The first kappa shape index (κ1) is 19.3. The molecule has 0 saturated heterocycles. The summed E-state index contributed by atoms with van der Waals surface area (Å²) in [7, 11) is 0. The van der Waals surface area contributed by atoms with Gasteiger partial charge in [-0.15, -0.1) is 0 Å². The van der Waals surface area contributed by atoms with Gasteiger partial charge in [0.2, 0.25) is 5.91 Å². The molecule has 0 atom stereocenters. The van der Waals surface area contributed by atoms with Crippen molar-refractivity contribution in [1.82, 2.24) is 5.32 Å². The van der Waals surface area contributed by atoms with Gasteiger partial charge in [0.1, 0.15) is 11.4 Å². The first-order valence-electron chi connectivity index (χ1n) is 7.48. The molecule has 0 aromatic heterocycles. The van der Waals surface area contributed by atoms with Crippen LogP contribution < -0.4 is 16.4 Å². The summed E-state index contributed by atoms with van der Waals surface area (Å²) in [6, 6.07) is 3.92. The fourth-order valence-electron chi connectivity index (χ4n) is 1.81. The van der Waals surface area contributed by atoms with E-state index in [9.17, 15) is 19.5 Å². The lowest BCUT2D eigenvalue weighted by molar-refractivity contribution is -0.116. The van der Waals surface area contributed by atoms with Gasteiger partial charge >= 0.3 is 6.09 Å². The minimum absolute atomic E-state index is 0.0234. The predicted molar refractivity (Wildman–Crippen MR) is 88.7 cm³/mol. The van der Waals surface area contributed by atoms with Crippen LogP contribution in [0.1, 0.15) is 44.0 Å². The molecular formula is C16H23N3O5. The van der Waals surface area contributed by atoms with E-state index in [0.29, 0.717) is 6.42 Å². The third-order valence-electron chi connectivity index (χ3n) is 2.79. The predicted octanol–water partition coefficient (Wildman–Crippen LogP) is 1.73. The van der Waals surface area contributed by atoms with Crippen LogP contribution in [0.5, 0.6) is 5.75 Å². The molecule has 3 amide bonds. The molecule has 0 spiro atoms. The maximum Gasteiger partial charge on any atom is 0.407 e. The van der Waals surface area contributed by atoms with Gasteiger partial charge in [-0.25, -0.2) is 4.79 Å². The molecule has 0 aliphatic heterocycles. The summed E-state index contributed by atoms with van der Waals surface area (Å²) < 4.78 is 5.07. The normalized spacial score (nSPS) is 10.8. The van der Waals surface area contributed by atoms with Gasteiger partial charge < -0.3 is 26.2 Å².